The van der Waals surface area contributed by atoms with Gasteiger partial charge in [-0.05, 0) is 50.8 Å². The van der Waals surface area contributed by atoms with Gasteiger partial charge in [0.25, 0.3) is 5.91 Å². The highest BCUT2D eigenvalue weighted by atomic mass is 16.8. The van der Waals surface area contributed by atoms with Gasteiger partial charge in [0.15, 0.2) is 37.7 Å². The van der Waals surface area contributed by atoms with E-state index in [4.69, 9.17) is 56.8 Å². The zero-order chi connectivity index (χ0) is 71.8. The second-order valence-corrected chi connectivity index (χ2v) is 25.1. The van der Waals surface area contributed by atoms with Gasteiger partial charge in [0.05, 0.1) is 45.7 Å². The van der Waals surface area contributed by atoms with Crippen LogP contribution in [0.5, 0.6) is 5.75 Å². The molecule has 0 radical (unpaired) electrons. The second kappa shape index (κ2) is 37.9. The van der Waals surface area contributed by atoms with Crippen molar-refractivity contribution in [1.82, 2.24) is 26.6 Å². The van der Waals surface area contributed by atoms with E-state index in [9.17, 15) is 95.5 Å². The number of hydrogen-bond donors (Lipinski definition) is 19. The lowest BCUT2D eigenvalue weighted by molar-refractivity contribution is -0.368. The first kappa shape index (κ1) is 80.4. The zero-order valence-electron chi connectivity index (χ0n) is 55.2. The molecule has 1 aromatic carbocycles. The number of benzene rings is 1. The molecule has 0 saturated carbocycles. The van der Waals surface area contributed by atoms with Gasteiger partial charge in [-0.3, -0.25) is 24.0 Å². The van der Waals surface area contributed by atoms with Crippen molar-refractivity contribution in [2.75, 3.05) is 39.6 Å². The van der Waals surface area contributed by atoms with E-state index in [1.54, 1.807) is 12.1 Å². The lowest BCUT2D eigenvalue weighted by atomic mass is 9.93. The van der Waals surface area contributed by atoms with Gasteiger partial charge in [-0.15, -0.1) is 0 Å². The minimum Gasteiger partial charge on any atom is -0.494 e. The summed E-state index contributed by atoms with van der Waals surface area (Å²) in [5.74, 6) is -3.72. The number of unbranched alkanes of at least 4 members (excludes halogenated alkanes) is 5. The van der Waals surface area contributed by atoms with Crippen LogP contribution in [0.25, 0.3) is 0 Å². The third-order valence-electron chi connectivity index (χ3n) is 17.6. The summed E-state index contributed by atoms with van der Waals surface area (Å²) in [6.07, 6.45) is -33.6. The van der Waals surface area contributed by atoms with Gasteiger partial charge in [-0.2, -0.15) is 0 Å². The highest BCUT2D eigenvalue weighted by Gasteiger charge is 2.58. The zero-order valence-corrected chi connectivity index (χ0v) is 55.2. The monoisotopic (exact) mass is 1410 g/mol. The molecule has 6 heterocycles. The third-order valence-corrected chi connectivity index (χ3v) is 17.6. The van der Waals surface area contributed by atoms with Crippen LogP contribution in [0.15, 0.2) is 36.4 Å². The van der Waals surface area contributed by atoms with E-state index in [2.05, 4.69) is 45.7 Å². The van der Waals surface area contributed by atoms with E-state index in [1.807, 2.05) is 0 Å². The lowest BCUT2D eigenvalue weighted by Crippen LogP contribution is -2.72. The number of aliphatic hydroxyl groups is 14. The number of ether oxygens (including phenoxy) is 12. The molecule has 558 valence electrons. The fraction of sp³-hybridized carbons (Fsp3) is 0.790. The molecule has 6 saturated heterocycles. The number of hydrogen-bond acceptors (Lipinski definition) is 31. The number of nitrogens with one attached hydrogen (secondary N) is 5. The normalized spacial score (nSPS) is 39.9. The molecule has 0 aromatic heterocycles. The molecule has 15 unspecified atom stereocenters. The Kier molecular flexibility index (Phi) is 31.1. The van der Waals surface area contributed by atoms with Gasteiger partial charge >= 0.3 is 0 Å². The molecule has 98 heavy (non-hydrogen) atoms. The molecule has 0 bridgehead atoms. The maximum Gasteiger partial charge on any atom is 0.251 e. The first-order chi connectivity index (χ1) is 46.7. The Morgan fingerprint density at radius 2 is 0.878 bits per heavy atom. The number of amides is 5. The van der Waals surface area contributed by atoms with Crippen molar-refractivity contribution < 1.29 is 152 Å². The largest absolute Gasteiger partial charge is 0.494 e. The maximum absolute atomic E-state index is 13.9. The number of aliphatic hydroxyl groups excluding tert-OH is 14. The van der Waals surface area contributed by atoms with Crippen molar-refractivity contribution in [2.24, 2.45) is 0 Å². The molecule has 7 rings (SSSR count). The summed E-state index contributed by atoms with van der Waals surface area (Å²) in [4.78, 5) is 65.0. The Morgan fingerprint density at radius 1 is 0.449 bits per heavy atom. The van der Waals surface area contributed by atoms with Crippen LogP contribution in [0.3, 0.4) is 0 Å². The Hall–Kier alpha value is -4.89. The van der Waals surface area contributed by atoms with Crippen molar-refractivity contribution >= 4 is 29.5 Å². The van der Waals surface area contributed by atoms with Crippen molar-refractivity contribution in [1.29, 1.82) is 0 Å². The average Bonchev–Trinajstić information content (AvgIpc) is 0.772. The second-order valence-electron chi connectivity index (χ2n) is 25.1. The summed E-state index contributed by atoms with van der Waals surface area (Å²) in [7, 11) is 0. The molecule has 36 heteroatoms. The van der Waals surface area contributed by atoms with Crippen molar-refractivity contribution in [3.63, 3.8) is 0 Å². The fourth-order valence-electron chi connectivity index (χ4n) is 12.4. The van der Waals surface area contributed by atoms with E-state index >= 15 is 0 Å². The third kappa shape index (κ3) is 20.5. The van der Waals surface area contributed by atoms with Gasteiger partial charge in [0, 0.05) is 33.3 Å². The Labute approximate surface area is 564 Å². The molecule has 5 amide bonds. The summed E-state index contributed by atoms with van der Waals surface area (Å²) in [5.41, 5.74) is 0.0454. The first-order valence-electron chi connectivity index (χ1n) is 32.8. The van der Waals surface area contributed by atoms with Crippen LogP contribution in [0.2, 0.25) is 0 Å². The van der Waals surface area contributed by atoms with E-state index in [-0.39, 0.29) is 5.56 Å². The maximum atomic E-state index is 13.9. The quantitative estimate of drug-likeness (QED) is 0.0243. The highest BCUT2D eigenvalue weighted by molar-refractivity contribution is 5.94. The molecule has 0 aliphatic carbocycles. The fourth-order valence-corrected chi connectivity index (χ4v) is 12.4. The smallest absolute Gasteiger partial charge is 0.251 e. The number of allylic oxidation sites excluding steroid dienone is 2. The summed E-state index contributed by atoms with van der Waals surface area (Å²) in [5, 5.41) is 168. The van der Waals surface area contributed by atoms with Gasteiger partial charge in [-0.25, -0.2) is 0 Å². The van der Waals surface area contributed by atoms with Crippen LogP contribution in [0.1, 0.15) is 96.8 Å². The highest BCUT2D eigenvalue weighted by Crippen LogP contribution is 2.37. The van der Waals surface area contributed by atoms with Gasteiger partial charge in [0.1, 0.15) is 146 Å². The number of rotatable bonds is 31. The summed E-state index contributed by atoms with van der Waals surface area (Å²) >= 11 is 0. The van der Waals surface area contributed by atoms with Crippen LogP contribution in [-0.4, -0.2) is 325 Å². The van der Waals surface area contributed by atoms with Crippen molar-refractivity contribution in [3.05, 3.63) is 42.0 Å². The van der Waals surface area contributed by atoms with E-state index < -0.39 is 246 Å². The van der Waals surface area contributed by atoms with E-state index in [1.165, 1.54) is 31.9 Å². The molecule has 6 fully saturated rings. The van der Waals surface area contributed by atoms with Gasteiger partial charge < -0.3 is 155 Å². The first-order valence-corrected chi connectivity index (χ1v) is 32.8. The molecule has 30 atom stereocenters. The topological polar surface area (TPSA) is 539 Å². The van der Waals surface area contributed by atoms with Crippen LogP contribution < -0.4 is 31.3 Å². The summed E-state index contributed by atoms with van der Waals surface area (Å²) < 4.78 is 71.9. The van der Waals surface area contributed by atoms with E-state index in [0.717, 1.165) is 53.4 Å². The summed E-state index contributed by atoms with van der Waals surface area (Å²) in [6.45, 7) is 3.29. The van der Waals surface area contributed by atoms with Crippen LogP contribution in [0.4, 0.5) is 0 Å². The van der Waals surface area contributed by atoms with Crippen LogP contribution in [-0.2, 0) is 71.3 Å². The summed E-state index contributed by atoms with van der Waals surface area (Å²) in [6, 6.07) is -2.52. The SMILES string of the molecule is CCCCCC/C=C\CCCOc1cccc(C(=O)N[C@@H]2C(O[C@H]3C(O)C(NC(C)=O)[C@H](OC4C(CO)O[C@@H](O[C@H]5C(O)C(NC(C)=O)C(OC6C(CO[C@@H]7OC(C)C(O)[C@H](O)[C@H]7O)OC(O)[C@@H](NC(C)=O)[C@H]6O)O[C@H]5CO)[C@@H](NC(C)=O)[C@H]4O)O[C@H]3CO)OC(CO)[C@@H](O)C2O)c1. The van der Waals surface area contributed by atoms with Crippen LogP contribution >= 0.6 is 0 Å². The number of carbonyl (C=O) groups excluding carboxylic acids is 5. The molecule has 6 aliphatic rings. The molecule has 19 N–H and O–H groups in total. The predicted octanol–water partition coefficient (Wildman–Crippen LogP) is -7.37. The van der Waals surface area contributed by atoms with Gasteiger partial charge in [0.2, 0.25) is 23.6 Å². The van der Waals surface area contributed by atoms with Crippen molar-refractivity contribution in [2.45, 2.75) is 270 Å². The Morgan fingerprint density at radius 3 is 1.34 bits per heavy atom. The molecule has 36 nitrogen and oxygen atoms in total. The predicted molar refractivity (Wildman–Crippen MR) is 328 cm³/mol. The lowest BCUT2D eigenvalue weighted by Gasteiger charge is -2.51. The number of carbonyl (C=O) groups is 5. The van der Waals surface area contributed by atoms with Crippen LogP contribution in [0, 0.1) is 0 Å². The van der Waals surface area contributed by atoms with E-state index in [0.29, 0.717) is 18.8 Å². The molecule has 6 aliphatic heterocycles. The minimum atomic E-state index is -2.07. The molecule has 1 aromatic rings. The Balaban J connectivity index is 1.07. The molecule has 0 spiro atoms. The average molecular weight is 1410 g/mol. The molecular formula is C62H99N5O31. The standard InChI is InChI=1S/C62H99N5O31/c1-7-8-9-10-11-12-13-14-15-19-87-32-18-16-17-31(20-32)56(85)67-39-45(78)44(77)33(21-68)91-58(39)95-52-34(22-69)92-59(40(47(52)80)64-28(4)73)96-53-35(23-70)93-60(41(48(53)81)65-29(5)74)97-54-36(24-71)94-61(42(49(54)82)66-30(6)75)98-55-37(90-57(86)38(46(55)79)63-27(3)72)25-88-62-51(84)50(83)43(76)26(2)89-62/h12-13,16-18,20,26,33-55,57-62,68-71,76-84,86H,7-11,14-15,19,21-25H2,1-6H3,(H,63,72)(H,64,73)(H,65,74)(H,66,75)(H,67,85)/b13-12-/t26?,33?,34-,35?,36-,37?,38-,39-,40?,41-,42?,43?,44+,45?,46+,47?,48+,49?,50-,51+,52+,53?,54+,55?,57?,58?,59-,60-,61?,62+/m0/s1. The van der Waals surface area contributed by atoms with Crippen molar-refractivity contribution in [3.8, 4) is 5.75 Å². The van der Waals surface area contributed by atoms with Gasteiger partial charge in [-0.1, -0.05) is 44.4 Å². The molecular weight excluding hydrogens is 1310 g/mol. The Bertz CT molecular complexity index is 2710. The minimum absolute atomic E-state index is 0.0454.